The first kappa shape index (κ1) is 18.2. The number of benzene rings is 2. The lowest BCUT2D eigenvalue weighted by Gasteiger charge is -2.02. The molecule has 0 N–H and O–H groups in total. The predicted molar refractivity (Wildman–Crippen MR) is 103 cm³/mol. The molecule has 0 saturated heterocycles. The Morgan fingerprint density at radius 1 is 1.08 bits per heavy atom. The van der Waals surface area contributed by atoms with E-state index in [0.29, 0.717) is 16.7 Å². The van der Waals surface area contributed by atoms with Crippen LogP contribution in [0.25, 0.3) is 11.5 Å². The summed E-state index contributed by atoms with van der Waals surface area (Å²) in [5.74, 6) is 0.998. The molecular weight excluding hydrogens is 422 g/mol. The van der Waals surface area contributed by atoms with Crippen molar-refractivity contribution in [1.82, 2.24) is 4.98 Å². The van der Waals surface area contributed by atoms with Crippen LogP contribution in [0.4, 0.5) is 0 Å². The first-order valence-electron chi connectivity index (χ1n) is 7.63. The highest BCUT2D eigenvalue weighted by molar-refractivity contribution is 9.10. The van der Waals surface area contributed by atoms with Crippen LogP contribution >= 0.6 is 27.7 Å². The number of hydrogen-bond acceptors (Lipinski definition) is 5. The molecule has 4 nitrogen and oxygen atoms in total. The van der Waals surface area contributed by atoms with Gasteiger partial charge >= 0.3 is 0 Å². The molecule has 3 aromatic rings. The molecule has 7 heteroatoms. The Morgan fingerprint density at radius 2 is 1.72 bits per heavy atom. The van der Waals surface area contributed by atoms with Crippen molar-refractivity contribution in [1.29, 1.82) is 0 Å². The normalized spacial score (nSPS) is 11.6. The van der Waals surface area contributed by atoms with Crippen molar-refractivity contribution in [3.63, 3.8) is 0 Å². The molecule has 0 fully saturated rings. The van der Waals surface area contributed by atoms with Gasteiger partial charge in [0.05, 0.1) is 4.90 Å². The molecule has 0 atom stereocenters. The molecule has 0 spiro atoms. The van der Waals surface area contributed by atoms with E-state index in [1.807, 2.05) is 38.1 Å². The molecule has 25 heavy (non-hydrogen) atoms. The molecule has 0 bridgehead atoms. The number of hydrogen-bond donors (Lipinski definition) is 0. The standard InChI is InChI=1S/C18H16BrNO3S2/c1-3-24-18-17(25(21,22)15-10-8-14(19)9-11-15)20-16(23-18)13-6-4-12(2)5-7-13/h4-11H,3H2,1-2H3. The molecular formula is C18H16BrNO3S2. The van der Waals surface area contributed by atoms with Crippen LogP contribution < -0.4 is 0 Å². The van der Waals surface area contributed by atoms with Crippen LogP contribution in [0.1, 0.15) is 12.5 Å². The first-order valence-corrected chi connectivity index (χ1v) is 10.9. The summed E-state index contributed by atoms with van der Waals surface area (Å²) < 4.78 is 32.6. The Morgan fingerprint density at radius 3 is 2.32 bits per heavy atom. The minimum absolute atomic E-state index is 0.0303. The second kappa shape index (κ2) is 7.35. The zero-order valence-electron chi connectivity index (χ0n) is 13.7. The van der Waals surface area contributed by atoms with E-state index in [0.717, 1.165) is 15.6 Å². The van der Waals surface area contributed by atoms with Gasteiger partial charge in [0.1, 0.15) is 0 Å². The third kappa shape index (κ3) is 3.83. The van der Waals surface area contributed by atoms with Crippen molar-refractivity contribution in [2.24, 2.45) is 0 Å². The van der Waals surface area contributed by atoms with Crippen molar-refractivity contribution in [3.05, 3.63) is 58.6 Å². The number of halogens is 1. The van der Waals surface area contributed by atoms with Gasteiger partial charge in [-0.2, -0.15) is 4.98 Å². The second-order valence-corrected chi connectivity index (χ2v) is 9.39. The monoisotopic (exact) mass is 437 g/mol. The van der Waals surface area contributed by atoms with Crippen LogP contribution in [-0.4, -0.2) is 19.2 Å². The van der Waals surface area contributed by atoms with Crippen molar-refractivity contribution in [2.45, 2.75) is 28.9 Å². The summed E-state index contributed by atoms with van der Waals surface area (Å²) in [6.45, 7) is 3.93. The van der Waals surface area contributed by atoms with Gasteiger partial charge in [-0.05, 0) is 49.1 Å². The zero-order valence-corrected chi connectivity index (χ0v) is 16.9. The van der Waals surface area contributed by atoms with E-state index in [9.17, 15) is 8.42 Å². The average molecular weight is 438 g/mol. The average Bonchev–Trinajstić information content (AvgIpc) is 3.01. The van der Waals surface area contributed by atoms with Crippen molar-refractivity contribution < 1.29 is 12.8 Å². The number of aromatic nitrogens is 1. The molecule has 0 unspecified atom stereocenters. The van der Waals surface area contributed by atoms with Crippen LogP contribution in [0.15, 0.2) is 72.4 Å². The van der Waals surface area contributed by atoms with Gasteiger partial charge in [0.2, 0.25) is 25.8 Å². The second-order valence-electron chi connectivity index (χ2n) is 5.37. The van der Waals surface area contributed by atoms with Crippen LogP contribution in [0.3, 0.4) is 0 Å². The molecule has 2 aromatic carbocycles. The zero-order chi connectivity index (χ0) is 18.0. The number of aryl methyl sites for hydroxylation is 1. The SMILES string of the molecule is CCSc1oc(-c2ccc(C)cc2)nc1S(=O)(=O)c1ccc(Br)cc1. The molecule has 0 saturated carbocycles. The highest BCUT2D eigenvalue weighted by Crippen LogP contribution is 2.35. The lowest BCUT2D eigenvalue weighted by molar-refractivity contribution is 0.470. The Hall–Kier alpha value is -1.57. The molecule has 0 radical (unpaired) electrons. The molecule has 1 aromatic heterocycles. The van der Waals surface area contributed by atoms with Crippen molar-refractivity contribution in [2.75, 3.05) is 5.75 Å². The smallest absolute Gasteiger partial charge is 0.228 e. The molecule has 0 aliphatic heterocycles. The highest BCUT2D eigenvalue weighted by atomic mass is 79.9. The van der Waals surface area contributed by atoms with Crippen molar-refractivity contribution >= 4 is 37.5 Å². The summed E-state index contributed by atoms with van der Waals surface area (Å²) in [6, 6.07) is 14.1. The molecule has 3 rings (SSSR count). The van der Waals surface area contributed by atoms with E-state index in [4.69, 9.17) is 4.42 Å². The predicted octanol–water partition coefficient (Wildman–Crippen LogP) is 5.36. The van der Waals surface area contributed by atoms with Crippen LogP contribution in [-0.2, 0) is 9.84 Å². The Labute approximate surface area is 159 Å². The maximum Gasteiger partial charge on any atom is 0.228 e. The fraction of sp³-hybridized carbons (Fsp3) is 0.167. The summed E-state index contributed by atoms with van der Waals surface area (Å²) in [5.41, 5.74) is 1.86. The van der Waals surface area contributed by atoms with E-state index in [1.54, 1.807) is 24.3 Å². The van der Waals surface area contributed by atoms with Gasteiger partial charge < -0.3 is 4.42 Å². The van der Waals surface area contributed by atoms with Gasteiger partial charge in [-0.3, -0.25) is 0 Å². The maximum atomic E-state index is 13.0. The number of oxazole rings is 1. The number of rotatable bonds is 5. The van der Waals surface area contributed by atoms with E-state index in [1.165, 1.54) is 11.8 Å². The quantitative estimate of drug-likeness (QED) is 0.502. The Kier molecular flexibility index (Phi) is 5.36. The van der Waals surface area contributed by atoms with E-state index >= 15 is 0 Å². The van der Waals surface area contributed by atoms with Crippen LogP contribution in [0.5, 0.6) is 0 Å². The molecule has 0 aliphatic rings. The number of thioether (sulfide) groups is 1. The van der Waals surface area contributed by atoms with E-state index < -0.39 is 9.84 Å². The lowest BCUT2D eigenvalue weighted by atomic mass is 10.1. The first-order chi connectivity index (χ1) is 11.9. The van der Waals surface area contributed by atoms with Gasteiger partial charge in [-0.1, -0.05) is 52.3 Å². The fourth-order valence-corrected chi connectivity index (χ4v) is 4.75. The molecule has 0 aliphatic carbocycles. The van der Waals surface area contributed by atoms with Gasteiger partial charge in [0, 0.05) is 10.0 Å². The van der Waals surface area contributed by atoms with Gasteiger partial charge in [0.15, 0.2) is 0 Å². The van der Waals surface area contributed by atoms with Crippen LogP contribution in [0, 0.1) is 6.92 Å². The summed E-state index contributed by atoms with van der Waals surface area (Å²) in [7, 11) is -3.75. The minimum atomic E-state index is -3.75. The van der Waals surface area contributed by atoms with Gasteiger partial charge in [0.25, 0.3) is 0 Å². The summed E-state index contributed by atoms with van der Waals surface area (Å²) in [6.07, 6.45) is 0. The summed E-state index contributed by atoms with van der Waals surface area (Å²) in [5, 5.41) is 0.290. The largest absolute Gasteiger partial charge is 0.428 e. The van der Waals surface area contributed by atoms with Crippen LogP contribution in [0.2, 0.25) is 0 Å². The molecule has 0 amide bonds. The lowest BCUT2D eigenvalue weighted by Crippen LogP contribution is -2.03. The number of nitrogens with zero attached hydrogens (tertiary/aromatic N) is 1. The third-order valence-corrected chi connectivity index (χ3v) is 6.68. The summed E-state index contributed by atoms with van der Waals surface area (Å²) in [4.78, 5) is 4.50. The topological polar surface area (TPSA) is 60.2 Å². The summed E-state index contributed by atoms with van der Waals surface area (Å²) >= 11 is 4.64. The van der Waals surface area contributed by atoms with Gasteiger partial charge in [-0.25, -0.2) is 8.42 Å². The van der Waals surface area contributed by atoms with Gasteiger partial charge in [-0.15, -0.1) is 0 Å². The van der Waals surface area contributed by atoms with E-state index in [2.05, 4.69) is 20.9 Å². The van der Waals surface area contributed by atoms with E-state index in [-0.39, 0.29) is 9.92 Å². The third-order valence-electron chi connectivity index (χ3n) is 3.52. The fourth-order valence-electron chi connectivity index (χ4n) is 2.23. The Balaban J connectivity index is 2.11. The number of sulfone groups is 1. The molecule has 1 heterocycles. The molecule has 130 valence electrons. The Bertz CT molecular complexity index is 978. The highest BCUT2D eigenvalue weighted by Gasteiger charge is 2.28. The maximum absolute atomic E-state index is 13.0. The van der Waals surface area contributed by atoms with Crippen molar-refractivity contribution in [3.8, 4) is 11.5 Å². The minimum Gasteiger partial charge on any atom is -0.428 e.